The molecule has 0 radical (unpaired) electrons. The van der Waals surface area contributed by atoms with Gasteiger partial charge in [0, 0.05) is 37.1 Å². The number of carbonyl (C=O) groups is 1. The van der Waals surface area contributed by atoms with Crippen LogP contribution in [0.5, 0.6) is 0 Å². The highest BCUT2D eigenvalue weighted by Gasteiger charge is 2.23. The molecule has 2 heterocycles. The Balaban J connectivity index is 1.47. The number of nitrogens with zero attached hydrogens (tertiary/aromatic N) is 1. The summed E-state index contributed by atoms with van der Waals surface area (Å²) in [6.45, 7) is 2.83. The smallest absolute Gasteiger partial charge is 0.253 e. The number of aryl methyl sites for hydroxylation is 1. The van der Waals surface area contributed by atoms with E-state index in [9.17, 15) is 18.7 Å². The van der Waals surface area contributed by atoms with Crippen LogP contribution < -0.4 is 10.6 Å². The lowest BCUT2D eigenvalue weighted by Crippen LogP contribution is -2.48. The molecule has 0 aliphatic rings. The topological polar surface area (TPSA) is 65.8 Å². The van der Waals surface area contributed by atoms with Crippen molar-refractivity contribution in [1.82, 2.24) is 15.0 Å². The number of benzene rings is 2. The van der Waals surface area contributed by atoms with E-state index in [1.807, 2.05) is 40.9 Å². The number of fused-ring (bicyclic) bond motifs is 1. The Bertz CT molecular complexity index is 1250. The molecule has 2 aromatic carbocycles. The summed E-state index contributed by atoms with van der Waals surface area (Å²) in [4.78, 5) is 13.0. The average Bonchev–Trinajstić information content (AvgIpc) is 3.28. The van der Waals surface area contributed by atoms with E-state index in [1.165, 1.54) is 17.7 Å². The van der Waals surface area contributed by atoms with Crippen LogP contribution in [-0.4, -0.2) is 34.1 Å². The van der Waals surface area contributed by atoms with Gasteiger partial charge in [-0.15, -0.1) is 0 Å². The summed E-state index contributed by atoms with van der Waals surface area (Å²) in [6.07, 6.45) is 3.56. The van der Waals surface area contributed by atoms with Crippen molar-refractivity contribution in [1.29, 1.82) is 0 Å². The van der Waals surface area contributed by atoms with Crippen molar-refractivity contribution in [2.75, 3.05) is 6.54 Å². The number of aliphatic hydroxyl groups excluding tert-OH is 1. The van der Waals surface area contributed by atoms with Crippen molar-refractivity contribution in [3.63, 3.8) is 0 Å². The number of aliphatic hydroxyl groups is 1. The van der Waals surface area contributed by atoms with Crippen molar-refractivity contribution in [3.05, 3.63) is 113 Å². The maximum Gasteiger partial charge on any atom is 0.253 e. The molecule has 0 fully saturated rings. The van der Waals surface area contributed by atoms with Gasteiger partial charge in [0.25, 0.3) is 5.91 Å². The highest BCUT2D eigenvalue weighted by molar-refractivity contribution is 5.95. The zero-order valence-corrected chi connectivity index (χ0v) is 19.5. The van der Waals surface area contributed by atoms with Crippen LogP contribution in [0.1, 0.15) is 34.0 Å². The van der Waals surface area contributed by atoms with Gasteiger partial charge in [0.1, 0.15) is 11.6 Å². The van der Waals surface area contributed by atoms with E-state index in [4.69, 9.17) is 0 Å². The Morgan fingerprint density at radius 3 is 2.49 bits per heavy atom. The molecular weight excluding hydrogens is 448 g/mol. The maximum atomic E-state index is 13.8. The molecule has 3 N–H and O–H groups in total. The Morgan fingerprint density at radius 2 is 1.74 bits per heavy atom. The first kappa shape index (κ1) is 24.6. The largest absolute Gasteiger partial charge is 0.390 e. The van der Waals surface area contributed by atoms with Crippen LogP contribution in [0, 0.1) is 11.6 Å². The lowest BCUT2D eigenvalue weighted by Gasteiger charge is -2.25. The summed E-state index contributed by atoms with van der Waals surface area (Å²) in [7, 11) is 0. The highest BCUT2D eigenvalue weighted by atomic mass is 19.1. The standard InChI is InChI=1S/C28H29F2N3O2/c1-2-19-6-5-7-20(10-19)16-31-17-27(34)26(13-21-11-23(29)15-24(30)12-21)32-28(35)22-14-25-8-3-4-9-33(25)18-22/h3-12,14-15,18,26-27,31,34H,2,13,16-17H2,1H3,(H,32,35)/t26-,27+/m1/s1. The normalized spacial score (nSPS) is 13.0. The minimum absolute atomic E-state index is 0.0714. The van der Waals surface area contributed by atoms with E-state index in [0.717, 1.165) is 23.6 Å². The highest BCUT2D eigenvalue weighted by Crippen LogP contribution is 2.14. The van der Waals surface area contributed by atoms with E-state index in [-0.39, 0.29) is 18.9 Å². The van der Waals surface area contributed by atoms with Crippen molar-refractivity contribution in [2.45, 2.75) is 38.5 Å². The minimum atomic E-state index is -0.989. The zero-order chi connectivity index (χ0) is 24.8. The molecule has 7 heteroatoms. The molecule has 0 unspecified atom stereocenters. The van der Waals surface area contributed by atoms with E-state index < -0.39 is 23.8 Å². The number of hydrogen-bond donors (Lipinski definition) is 3. The summed E-state index contributed by atoms with van der Waals surface area (Å²) in [5.74, 6) is -1.77. The molecule has 0 aliphatic heterocycles. The van der Waals surface area contributed by atoms with Crippen LogP contribution in [0.4, 0.5) is 8.78 Å². The van der Waals surface area contributed by atoms with Gasteiger partial charge in [0.2, 0.25) is 0 Å². The molecule has 182 valence electrons. The molecule has 0 saturated heterocycles. The van der Waals surface area contributed by atoms with Crippen LogP contribution in [0.25, 0.3) is 5.52 Å². The molecular formula is C28H29F2N3O2. The molecule has 0 aliphatic carbocycles. The molecule has 2 atom stereocenters. The molecule has 0 saturated carbocycles. The third-order valence-corrected chi connectivity index (χ3v) is 6.01. The van der Waals surface area contributed by atoms with Crippen molar-refractivity contribution in [3.8, 4) is 0 Å². The number of carbonyl (C=O) groups excluding carboxylic acids is 1. The number of hydrogen-bond acceptors (Lipinski definition) is 3. The molecule has 0 bridgehead atoms. The quantitative estimate of drug-likeness (QED) is 0.320. The van der Waals surface area contributed by atoms with Crippen molar-refractivity contribution >= 4 is 11.4 Å². The van der Waals surface area contributed by atoms with Gasteiger partial charge in [-0.25, -0.2) is 8.78 Å². The van der Waals surface area contributed by atoms with Gasteiger partial charge in [-0.2, -0.15) is 0 Å². The molecule has 1 amide bonds. The van der Waals surface area contributed by atoms with Crippen LogP contribution in [-0.2, 0) is 19.4 Å². The van der Waals surface area contributed by atoms with Gasteiger partial charge in [0.15, 0.2) is 0 Å². The Kier molecular flexibility index (Phi) is 7.90. The first-order chi connectivity index (χ1) is 16.9. The Morgan fingerprint density at radius 1 is 0.971 bits per heavy atom. The molecule has 2 aromatic heterocycles. The molecule has 35 heavy (non-hydrogen) atoms. The summed E-state index contributed by atoms with van der Waals surface area (Å²) in [6, 6.07) is 18.0. The maximum absolute atomic E-state index is 13.8. The van der Waals surface area contributed by atoms with Gasteiger partial charge < -0.3 is 20.1 Å². The first-order valence-corrected chi connectivity index (χ1v) is 11.7. The van der Waals surface area contributed by atoms with Crippen LogP contribution in [0.3, 0.4) is 0 Å². The second kappa shape index (κ2) is 11.3. The fourth-order valence-electron chi connectivity index (χ4n) is 4.16. The second-order valence-corrected chi connectivity index (χ2v) is 8.70. The lowest BCUT2D eigenvalue weighted by molar-refractivity contribution is 0.0830. The van der Waals surface area contributed by atoms with Gasteiger partial charge >= 0.3 is 0 Å². The molecule has 4 aromatic rings. The molecule has 0 spiro atoms. The van der Waals surface area contributed by atoms with E-state index in [0.29, 0.717) is 17.7 Å². The third kappa shape index (κ3) is 6.53. The van der Waals surface area contributed by atoms with Crippen molar-refractivity contribution < 1.29 is 18.7 Å². The predicted octanol–water partition coefficient (Wildman–Crippen LogP) is 4.27. The lowest BCUT2D eigenvalue weighted by atomic mass is 10.00. The fourth-order valence-corrected chi connectivity index (χ4v) is 4.16. The van der Waals surface area contributed by atoms with Gasteiger partial charge in [-0.3, -0.25) is 4.79 Å². The number of aromatic nitrogens is 1. The van der Waals surface area contributed by atoms with Gasteiger partial charge in [0.05, 0.1) is 17.7 Å². The number of rotatable bonds is 10. The number of amides is 1. The van der Waals surface area contributed by atoms with E-state index in [2.05, 4.69) is 29.7 Å². The summed E-state index contributed by atoms with van der Waals surface area (Å²) in [5, 5.41) is 17.0. The van der Waals surface area contributed by atoms with Crippen LogP contribution >= 0.6 is 0 Å². The minimum Gasteiger partial charge on any atom is -0.390 e. The molecule has 5 nitrogen and oxygen atoms in total. The Labute approximate surface area is 203 Å². The summed E-state index contributed by atoms with van der Waals surface area (Å²) in [5.41, 5.74) is 3.96. The first-order valence-electron chi connectivity index (χ1n) is 11.7. The number of halogens is 2. The summed E-state index contributed by atoms with van der Waals surface area (Å²) >= 11 is 0. The predicted molar refractivity (Wildman–Crippen MR) is 132 cm³/mol. The van der Waals surface area contributed by atoms with Crippen molar-refractivity contribution in [2.24, 2.45) is 0 Å². The molecule has 4 rings (SSSR count). The average molecular weight is 478 g/mol. The van der Waals surface area contributed by atoms with Crippen LogP contribution in [0.2, 0.25) is 0 Å². The Hall–Kier alpha value is -3.55. The number of nitrogens with one attached hydrogen (secondary N) is 2. The third-order valence-electron chi connectivity index (χ3n) is 6.01. The monoisotopic (exact) mass is 477 g/mol. The van der Waals surface area contributed by atoms with E-state index >= 15 is 0 Å². The fraction of sp³-hybridized carbons (Fsp3) is 0.250. The van der Waals surface area contributed by atoms with Gasteiger partial charge in [-0.05, 0) is 59.9 Å². The SMILES string of the molecule is CCc1cccc(CNC[C@H](O)[C@@H](Cc2cc(F)cc(F)c2)NC(=O)c2cc3ccccn3c2)c1. The number of pyridine rings is 1. The van der Waals surface area contributed by atoms with Gasteiger partial charge in [-0.1, -0.05) is 37.3 Å². The van der Waals surface area contributed by atoms with Crippen LogP contribution in [0.15, 0.2) is 79.1 Å². The van der Waals surface area contributed by atoms with E-state index in [1.54, 1.807) is 12.3 Å². The zero-order valence-electron chi connectivity index (χ0n) is 19.5. The summed E-state index contributed by atoms with van der Waals surface area (Å²) < 4.78 is 29.4. The second-order valence-electron chi connectivity index (χ2n) is 8.70.